The third-order valence-corrected chi connectivity index (χ3v) is 6.82. The SMILES string of the molecule is CC1(C)C/C(=N\Nc2ccc([N+](=O)[O-])cc2[N+](=O)[O-])c2c(oc3cc4c(cc23)OCCOCCOCCOCCO4)C1. The van der Waals surface area contributed by atoms with Crippen molar-refractivity contribution < 1.29 is 37.9 Å². The van der Waals surface area contributed by atoms with Gasteiger partial charge in [0.15, 0.2) is 11.5 Å². The maximum absolute atomic E-state index is 11.6. The first-order valence-corrected chi connectivity index (χ1v) is 13.6. The van der Waals surface area contributed by atoms with Gasteiger partial charge < -0.3 is 28.1 Å². The van der Waals surface area contributed by atoms with Crippen LogP contribution in [0.5, 0.6) is 11.5 Å². The van der Waals surface area contributed by atoms with E-state index in [4.69, 9.17) is 28.1 Å². The van der Waals surface area contributed by atoms with Gasteiger partial charge in [-0.2, -0.15) is 5.10 Å². The Balaban J connectivity index is 1.50. The van der Waals surface area contributed by atoms with Crippen LogP contribution in [0.3, 0.4) is 0 Å². The van der Waals surface area contributed by atoms with Crippen molar-refractivity contribution in [1.82, 2.24) is 0 Å². The molecule has 0 saturated heterocycles. The normalized spacial score (nSPS) is 19.0. The Bertz CT molecular complexity index is 1500. The molecule has 0 fully saturated rings. The molecule has 14 nitrogen and oxygen atoms in total. The number of hydrogen-bond acceptors (Lipinski definition) is 12. The molecule has 0 unspecified atom stereocenters. The maximum Gasteiger partial charge on any atom is 0.301 e. The van der Waals surface area contributed by atoms with E-state index in [1.54, 1.807) is 6.07 Å². The summed E-state index contributed by atoms with van der Waals surface area (Å²) in [6, 6.07) is 7.00. The number of ether oxygens (including phenoxy) is 5. The van der Waals surface area contributed by atoms with Gasteiger partial charge in [-0.1, -0.05) is 13.8 Å². The number of benzene rings is 2. The lowest BCUT2D eigenvalue weighted by Gasteiger charge is -2.29. The molecule has 1 aromatic heterocycles. The van der Waals surface area contributed by atoms with Gasteiger partial charge in [0.1, 0.15) is 30.2 Å². The number of nitrogens with zero attached hydrogens (tertiary/aromatic N) is 3. The Morgan fingerprint density at radius 1 is 0.810 bits per heavy atom. The lowest BCUT2D eigenvalue weighted by Crippen LogP contribution is -2.27. The molecular formula is C28H32N4O10. The molecule has 42 heavy (non-hydrogen) atoms. The van der Waals surface area contributed by atoms with E-state index in [2.05, 4.69) is 24.4 Å². The summed E-state index contributed by atoms with van der Waals surface area (Å²) in [6.07, 6.45) is 1.19. The lowest BCUT2D eigenvalue weighted by atomic mass is 9.75. The number of nitrogens with one attached hydrogen (secondary N) is 1. The minimum Gasteiger partial charge on any atom is -0.487 e. The molecular weight excluding hydrogens is 552 g/mol. The molecule has 0 spiro atoms. The molecule has 0 amide bonds. The third kappa shape index (κ3) is 6.78. The fourth-order valence-electron chi connectivity index (χ4n) is 4.93. The Morgan fingerprint density at radius 2 is 1.43 bits per heavy atom. The molecule has 224 valence electrons. The van der Waals surface area contributed by atoms with Crippen molar-refractivity contribution in [2.75, 3.05) is 58.3 Å². The first-order valence-electron chi connectivity index (χ1n) is 13.6. The van der Waals surface area contributed by atoms with Gasteiger partial charge in [-0.3, -0.25) is 25.7 Å². The number of nitro benzene ring substituents is 2. The average molecular weight is 585 g/mol. The summed E-state index contributed by atoms with van der Waals surface area (Å²) in [5.41, 5.74) is 3.73. The van der Waals surface area contributed by atoms with E-state index in [9.17, 15) is 20.2 Å². The molecule has 0 atom stereocenters. The number of anilines is 1. The summed E-state index contributed by atoms with van der Waals surface area (Å²) in [5, 5.41) is 28.1. The Labute approximate surface area is 240 Å². The first-order chi connectivity index (χ1) is 20.2. The average Bonchev–Trinajstić information content (AvgIpc) is 3.28. The Hall–Kier alpha value is -4.27. The van der Waals surface area contributed by atoms with Crippen LogP contribution >= 0.6 is 0 Å². The highest BCUT2D eigenvalue weighted by molar-refractivity contribution is 6.13. The van der Waals surface area contributed by atoms with Gasteiger partial charge in [0.05, 0.1) is 61.3 Å². The van der Waals surface area contributed by atoms with Gasteiger partial charge in [0.2, 0.25) is 0 Å². The second-order valence-electron chi connectivity index (χ2n) is 10.6. The van der Waals surface area contributed by atoms with Crippen molar-refractivity contribution in [3.8, 4) is 11.5 Å². The highest BCUT2D eigenvalue weighted by Gasteiger charge is 2.35. The highest BCUT2D eigenvalue weighted by atomic mass is 16.6. The minimum atomic E-state index is -0.684. The summed E-state index contributed by atoms with van der Waals surface area (Å²) in [4.78, 5) is 21.4. The number of rotatable bonds is 4. The summed E-state index contributed by atoms with van der Waals surface area (Å²) < 4.78 is 35.0. The van der Waals surface area contributed by atoms with E-state index in [-0.39, 0.29) is 23.4 Å². The highest BCUT2D eigenvalue weighted by Crippen LogP contribution is 2.43. The van der Waals surface area contributed by atoms with Gasteiger partial charge in [-0.25, -0.2) is 0 Å². The first kappa shape index (κ1) is 29.2. The molecule has 2 aliphatic rings. The van der Waals surface area contributed by atoms with E-state index >= 15 is 0 Å². The van der Waals surface area contributed by atoms with Crippen molar-refractivity contribution in [3.63, 3.8) is 0 Å². The van der Waals surface area contributed by atoms with E-state index in [0.29, 0.717) is 81.9 Å². The summed E-state index contributed by atoms with van der Waals surface area (Å²) >= 11 is 0. The third-order valence-electron chi connectivity index (χ3n) is 6.82. The quantitative estimate of drug-likeness (QED) is 0.328. The predicted molar refractivity (Wildman–Crippen MR) is 152 cm³/mol. The topological polar surface area (TPSA) is 170 Å². The molecule has 2 heterocycles. The van der Waals surface area contributed by atoms with E-state index in [1.165, 1.54) is 12.1 Å². The van der Waals surface area contributed by atoms with Crippen LogP contribution in [0.25, 0.3) is 11.0 Å². The van der Waals surface area contributed by atoms with Gasteiger partial charge >= 0.3 is 5.69 Å². The van der Waals surface area contributed by atoms with Crippen LogP contribution in [0.1, 0.15) is 31.6 Å². The zero-order valence-corrected chi connectivity index (χ0v) is 23.4. The Kier molecular flexibility index (Phi) is 8.85. The predicted octanol–water partition coefficient (Wildman–Crippen LogP) is 4.86. The second-order valence-corrected chi connectivity index (χ2v) is 10.6. The summed E-state index contributed by atoms with van der Waals surface area (Å²) in [7, 11) is 0. The van der Waals surface area contributed by atoms with Gasteiger partial charge in [-0.05, 0) is 24.0 Å². The standard InChI is InChI=1S/C28H32N4O10/c1-28(2)16-21(30-29-20-4-3-18(31(33)34)13-22(20)32(35)36)27-19-14-24-25(15-23(19)42-26(27)17-28)41-12-10-39-8-6-37-5-7-38-9-11-40-24/h3-4,13-15,29H,5-12,16-17H2,1-2H3/b30-21+. The van der Waals surface area contributed by atoms with Crippen molar-refractivity contribution in [2.24, 2.45) is 10.5 Å². The molecule has 0 bridgehead atoms. The minimum absolute atomic E-state index is 0.0344. The maximum atomic E-state index is 11.6. The van der Waals surface area contributed by atoms with Crippen molar-refractivity contribution in [2.45, 2.75) is 26.7 Å². The van der Waals surface area contributed by atoms with Crippen LogP contribution < -0.4 is 14.9 Å². The van der Waals surface area contributed by atoms with Gasteiger partial charge in [-0.15, -0.1) is 0 Å². The number of non-ortho nitro benzene ring substituents is 1. The molecule has 1 aliphatic carbocycles. The fraction of sp³-hybridized carbons (Fsp3) is 0.464. The Morgan fingerprint density at radius 3 is 2.05 bits per heavy atom. The summed E-state index contributed by atoms with van der Waals surface area (Å²) in [5.74, 6) is 1.72. The van der Waals surface area contributed by atoms with Crippen LogP contribution in [-0.4, -0.2) is 68.4 Å². The molecule has 5 rings (SSSR count). The molecule has 14 heteroatoms. The van der Waals surface area contributed by atoms with Gasteiger partial charge in [0.25, 0.3) is 5.69 Å². The van der Waals surface area contributed by atoms with E-state index in [1.807, 2.05) is 6.07 Å². The summed E-state index contributed by atoms with van der Waals surface area (Å²) in [6.45, 7) is 7.31. The zero-order valence-electron chi connectivity index (χ0n) is 23.4. The number of furan rings is 1. The van der Waals surface area contributed by atoms with Crippen LogP contribution in [0, 0.1) is 25.6 Å². The number of nitro groups is 2. The van der Waals surface area contributed by atoms with Crippen molar-refractivity contribution in [1.29, 1.82) is 0 Å². The molecule has 0 radical (unpaired) electrons. The lowest BCUT2D eigenvalue weighted by molar-refractivity contribution is -0.393. The van der Waals surface area contributed by atoms with E-state index in [0.717, 1.165) is 22.8 Å². The van der Waals surface area contributed by atoms with Crippen LogP contribution in [0.15, 0.2) is 39.9 Å². The largest absolute Gasteiger partial charge is 0.487 e. The number of fused-ring (bicyclic) bond motifs is 4. The van der Waals surface area contributed by atoms with Crippen molar-refractivity contribution in [3.05, 3.63) is 61.9 Å². The van der Waals surface area contributed by atoms with Crippen LogP contribution in [-0.2, 0) is 20.6 Å². The molecule has 0 saturated carbocycles. The zero-order chi connectivity index (χ0) is 29.7. The number of hydrazone groups is 1. The smallest absolute Gasteiger partial charge is 0.301 e. The molecule has 3 aromatic rings. The molecule has 1 N–H and O–H groups in total. The molecule has 1 aliphatic heterocycles. The second kappa shape index (κ2) is 12.7. The van der Waals surface area contributed by atoms with Crippen LogP contribution in [0.4, 0.5) is 17.1 Å². The number of hydrogen-bond donors (Lipinski definition) is 1. The fourth-order valence-corrected chi connectivity index (χ4v) is 4.93. The van der Waals surface area contributed by atoms with Gasteiger partial charge in [0, 0.05) is 29.5 Å². The van der Waals surface area contributed by atoms with Crippen molar-refractivity contribution >= 4 is 33.7 Å². The monoisotopic (exact) mass is 584 g/mol. The van der Waals surface area contributed by atoms with Crippen LogP contribution in [0.2, 0.25) is 0 Å². The van der Waals surface area contributed by atoms with E-state index < -0.39 is 15.5 Å². The molecule has 2 aromatic carbocycles.